The number of nitrogens with one attached hydrogen (secondary N) is 1. The Kier molecular flexibility index (Phi) is 4.19. The fraction of sp³-hybridized carbons (Fsp3) is 0. The molecule has 0 atom stereocenters. The van der Waals surface area contributed by atoms with Gasteiger partial charge in [-0.15, -0.1) is 21.5 Å². The molecule has 4 aromatic rings. The van der Waals surface area contributed by atoms with Crippen LogP contribution >= 0.6 is 34.5 Å². The predicted octanol–water partition coefficient (Wildman–Crippen LogP) is 3.22. The smallest absolute Gasteiger partial charge is 0.280 e. The van der Waals surface area contributed by atoms with E-state index in [1.807, 2.05) is 0 Å². The van der Waals surface area contributed by atoms with E-state index < -0.39 is 0 Å². The molecule has 26 heavy (non-hydrogen) atoms. The number of nitrogens with two attached hydrogens (primary N) is 1. The van der Waals surface area contributed by atoms with Crippen LogP contribution in [0.5, 0.6) is 0 Å². The number of nitrogens with zero attached hydrogens (tertiary/aromatic N) is 5. The highest BCUT2D eigenvalue weighted by molar-refractivity contribution is 7.20. The Morgan fingerprint density at radius 1 is 1.15 bits per heavy atom. The number of fused-ring (bicyclic) bond motifs is 1. The molecule has 11 heteroatoms. The predicted molar refractivity (Wildman–Crippen MR) is 101 cm³/mol. The summed E-state index contributed by atoms with van der Waals surface area (Å²) in [4.78, 5) is 21.9. The van der Waals surface area contributed by atoms with Crippen molar-refractivity contribution < 1.29 is 4.79 Å². The summed E-state index contributed by atoms with van der Waals surface area (Å²) in [6, 6.07) is 6.77. The van der Waals surface area contributed by atoms with E-state index in [0.717, 1.165) is 0 Å². The average Bonchev–Trinajstić information content (AvgIpc) is 3.23. The largest absolute Gasteiger partial charge is 0.368 e. The summed E-state index contributed by atoms with van der Waals surface area (Å²) in [5.74, 6) is -0.245. The number of hydrogen-bond donors (Lipinski definition) is 2. The van der Waals surface area contributed by atoms with E-state index in [0.29, 0.717) is 36.4 Å². The third-order valence-electron chi connectivity index (χ3n) is 3.47. The Bertz CT molecular complexity index is 1130. The Balaban J connectivity index is 1.81. The van der Waals surface area contributed by atoms with Crippen molar-refractivity contribution >= 4 is 56.6 Å². The van der Waals surface area contributed by atoms with Crippen LogP contribution in [-0.2, 0) is 0 Å². The topological polar surface area (TPSA) is 112 Å². The van der Waals surface area contributed by atoms with E-state index in [-0.39, 0.29) is 11.9 Å². The summed E-state index contributed by atoms with van der Waals surface area (Å²) in [6.45, 7) is 0. The third kappa shape index (κ3) is 3.07. The summed E-state index contributed by atoms with van der Waals surface area (Å²) in [7, 11) is 0. The van der Waals surface area contributed by atoms with Crippen molar-refractivity contribution in [1.82, 2.24) is 24.8 Å². The van der Waals surface area contributed by atoms with Crippen LogP contribution in [0, 0.1) is 0 Å². The highest BCUT2D eigenvalue weighted by atomic mass is 35.5. The lowest BCUT2D eigenvalue weighted by Gasteiger charge is -2.06. The van der Waals surface area contributed by atoms with Gasteiger partial charge in [0, 0.05) is 16.0 Å². The molecular weight excluding hydrogens is 397 g/mol. The number of anilines is 1. The normalized spacial score (nSPS) is 11.0. The van der Waals surface area contributed by atoms with Crippen LogP contribution in [0.4, 0.5) is 5.95 Å². The van der Waals surface area contributed by atoms with Gasteiger partial charge in [-0.05, 0) is 24.3 Å². The molecule has 0 saturated carbocycles. The number of nitrogen functional groups attached to an aromatic ring is 1. The number of carbonyl (C=O) groups is 1. The number of carbonyl (C=O) groups excluding carboxylic acids is 1. The number of aromatic nitrogens is 5. The first-order valence-corrected chi connectivity index (χ1v) is 8.77. The van der Waals surface area contributed by atoms with Gasteiger partial charge >= 0.3 is 0 Å². The molecule has 0 radical (unpaired) electrons. The molecule has 1 aromatic carbocycles. The van der Waals surface area contributed by atoms with Gasteiger partial charge in [-0.2, -0.15) is 0 Å². The molecule has 0 bridgehead atoms. The molecule has 0 aliphatic heterocycles. The van der Waals surface area contributed by atoms with E-state index in [1.165, 1.54) is 28.7 Å². The fourth-order valence-corrected chi connectivity index (χ4v) is 3.79. The maximum absolute atomic E-state index is 12.4. The third-order valence-corrected chi connectivity index (χ3v) is 5.04. The Labute approximate surface area is 160 Å². The second kappa shape index (κ2) is 6.52. The SMILES string of the molecule is Nc1nc(-c2ccc(Cl)cc2Cl)c2cc(C(=O)Nn3cnnc3)sc2n1. The monoisotopic (exact) mass is 405 g/mol. The van der Waals surface area contributed by atoms with E-state index in [2.05, 4.69) is 25.6 Å². The molecule has 0 aliphatic carbocycles. The number of benzene rings is 1. The van der Waals surface area contributed by atoms with Crippen molar-refractivity contribution in [2.45, 2.75) is 0 Å². The zero-order valence-corrected chi connectivity index (χ0v) is 15.2. The van der Waals surface area contributed by atoms with E-state index in [9.17, 15) is 4.79 Å². The van der Waals surface area contributed by atoms with Gasteiger partial charge in [0.15, 0.2) is 0 Å². The highest BCUT2D eigenvalue weighted by Gasteiger charge is 2.18. The lowest BCUT2D eigenvalue weighted by atomic mass is 10.1. The molecule has 1 amide bonds. The van der Waals surface area contributed by atoms with E-state index in [4.69, 9.17) is 28.9 Å². The number of amides is 1. The summed E-state index contributed by atoms with van der Waals surface area (Å²) >= 11 is 13.5. The van der Waals surface area contributed by atoms with Gasteiger partial charge in [0.05, 0.1) is 15.6 Å². The molecule has 0 saturated heterocycles. The first kappa shape index (κ1) is 16.7. The molecule has 3 N–H and O–H groups in total. The Hall–Kier alpha value is -2.75. The molecule has 8 nitrogen and oxygen atoms in total. The van der Waals surface area contributed by atoms with Gasteiger partial charge in [-0.1, -0.05) is 23.2 Å². The summed E-state index contributed by atoms with van der Waals surface area (Å²) < 4.78 is 1.35. The van der Waals surface area contributed by atoms with Crippen LogP contribution < -0.4 is 11.2 Å². The lowest BCUT2D eigenvalue weighted by molar-refractivity contribution is 0.101. The molecule has 130 valence electrons. The minimum atomic E-state index is -0.334. The van der Waals surface area contributed by atoms with E-state index >= 15 is 0 Å². The zero-order valence-electron chi connectivity index (χ0n) is 12.8. The molecule has 0 unspecified atom stereocenters. The number of rotatable bonds is 3. The molecule has 3 aromatic heterocycles. The van der Waals surface area contributed by atoms with Gasteiger partial charge in [-0.25, -0.2) is 14.6 Å². The van der Waals surface area contributed by atoms with Crippen LogP contribution in [-0.4, -0.2) is 30.7 Å². The van der Waals surface area contributed by atoms with Crippen LogP contribution in [0.1, 0.15) is 9.67 Å². The van der Waals surface area contributed by atoms with Gasteiger partial charge in [-0.3, -0.25) is 10.2 Å². The number of thiophene rings is 1. The van der Waals surface area contributed by atoms with Gasteiger partial charge in [0.2, 0.25) is 5.95 Å². The molecular formula is C15H9Cl2N7OS. The Morgan fingerprint density at radius 3 is 2.65 bits per heavy atom. The van der Waals surface area contributed by atoms with Crippen molar-refractivity contribution in [3.63, 3.8) is 0 Å². The first-order valence-electron chi connectivity index (χ1n) is 7.20. The first-order chi connectivity index (χ1) is 12.5. The van der Waals surface area contributed by atoms with Gasteiger partial charge in [0.25, 0.3) is 5.91 Å². The van der Waals surface area contributed by atoms with E-state index in [1.54, 1.807) is 24.3 Å². The maximum Gasteiger partial charge on any atom is 0.280 e. The van der Waals surface area contributed by atoms with Crippen molar-refractivity contribution in [2.24, 2.45) is 0 Å². The van der Waals surface area contributed by atoms with Crippen LogP contribution in [0.2, 0.25) is 10.0 Å². The molecule has 0 aliphatic rings. The molecule has 4 rings (SSSR count). The van der Waals surface area contributed by atoms with Gasteiger partial charge < -0.3 is 5.73 Å². The second-order valence-corrected chi connectivity index (χ2v) is 7.07. The number of hydrogen-bond acceptors (Lipinski definition) is 7. The van der Waals surface area contributed by atoms with Crippen LogP contribution in [0.3, 0.4) is 0 Å². The standard InChI is InChI=1S/C15H9Cl2N7OS/c16-7-1-2-8(10(17)3-7)12-9-4-11(26-14(9)22-15(18)21-12)13(25)23-24-5-19-20-6-24/h1-6H,(H,23,25)(H2,18,21,22). The second-order valence-electron chi connectivity index (χ2n) is 5.19. The average molecular weight is 406 g/mol. The van der Waals surface area contributed by atoms with Crippen molar-refractivity contribution in [1.29, 1.82) is 0 Å². The lowest BCUT2D eigenvalue weighted by Crippen LogP contribution is -2.20. The fourth-order valence-electron chi connectivity index (χ4n) is 2.37. The van der Waals surface area contributed by atoms with Crippen LogP contribution in [0.15, 0.2) is 36.9 Å². The minimum absolute atomic E-state index is 0.0890. The zero-order chi connectivity index (χ0) is 18.3. The quantitative estimate of drug-likeness (QED) is 0.540. The molecule has 3 heterocycles. The highest BCUT2D eigenvalue weighted by Crippen LogP contribution is 2.36. The molecule has 0 fully saturated rings. The maximum atomic E-state index is 12.4. The summed E-state index contributed by atoms with van der Waals surface area (Å²) in [5.41, 5.74) is 9.65. The van der Waals surface area contributed by atoms with Crippen molar-refractivity contribution in [2.75, 3.05) is 11.2 Å². The van der Waals surface area contributed by atoms with Crippen LogP contribution in [0.25, 0.3) is 21.5 Å². The van der Waals surface area contributed by atoms with Crippen molar-refractivity contribution in [3.05, 3.63) is 51.8 Å². The Morgan fingerprint density at radius 2 is 1.92 bits per heavy atom. The van der Waals surface area contributed by atoms with Crippen molar-refractivity contribution in [3.8, 4) is 11.3 Å². The minimum Gasteiger partial charge on any atom is -0.368 e. The summed E-state index contributed by atoms with van der Waals surface area (Å²) in [6.07, 6.45) is 2.75. The van der Waals surface area contributed by atoms with Gasteiger partial charge in [0.1, 0.15) is 17.5 Å². The number of halogens is 2. The molecule has 0 spiro atoms. The summed E-state index contributed by atoms with van der Waals surface area (Å²) in [5, 5.41) is 8.87.